The monoisotopic (exact) mass is 258 g/mol. The number of amides is 1. The number of carbonyl (C=O) groups excluding carboxylic acids is 1. The first-order chi connectivity index (χ1) is 9.15. The van der Waals surface area contributed by atoms with Crippen LogP contribution in [0.4, 0.5) is 10.1 Å². The van der Waals surface area contributed by atoms with Crippen LogP contribution in [-0.4, -0.2) is 11.9 Å². The minimum Gasteiger partial charge on any atom is -0.373 e. The Labute approximate surface area is 111 Å². The van der Waals surface area contributed by atoms with E-state index in [2.05, 4.69) is 5.32 Å². The Bertz CT molecular complexity index is 557. The molecule has 0 aliphatic rings. The zero-order chi connectivity index (χ0) is 13.7. The molecule has 0 spiro atoms. The summed E-state index contributed by atoms with van der Waals surface area (Å²) < 4.78 is 13.1. The lowest BCUT2D eigenvalue weighted by Crippen LogP contribution is -2.37. The van der Waals surface area contributed by atoms with Crippen molar-refractivity contribution in [1.82, 2.24) is 0 Å². The van der Waals surface area contributed by atoms with Crippen LogP contribution in [0, 0.1) is 5.82 Å². The molecule has 2 rings (SSSR count). The van der Waals surface area contributed by atoms with Crippen molar-refractivity contribution in [2.75, 3.05) is 5.32 Å². The second-order valence-electron chi connectivity index (χ2n) is 4.30. The van der Waals surface area contributed by atoms with Crippen LogP contribution < -0.4 is 11.1 Å². The fourth-order valence-electron chi connectivity index (χ4n) is 1.85. The van der Waals surface area contributed by atoms with Crippen molar-refractivity contribution in [3.8, 4) is 0 Å². The quantitative estimate of drug-likeness (QED) is 0.864. The zero-order valence-corrected chi connectivity index (χ0v) is 10.3. The van der Waals surface area contributed by atoms with Crippen LogP contribution in [0.5, 0.6) is 0 Å². The number of nitrogens with two attached hydrogens (primary N) is 1. The van der Waals surface area contributed by atoms with Crippen molar-refractivity contribution in [2.24, 2.45) is 5.73 Å². The number of nitrogens with one attached hydrogen (secondary N) is 1. The van der Waals surface area contributed by atoms with E-state index < -0.39 is 11.9 Å². The fourth-order valence-corrected chi connectivity index (χ4v) is 1.85. The van der Waals surface area contributed by atoms with Gasteiger partial charge in [0, 0.05) is 12.1 Å². The molecular formula is C15H15FN2O. The van der Waals surface area contributed by atoms with E-state index in [0.717, 1.165) is 5.56 Å². The zero-order valence-electron chi connectivity index (χ0n) is 10.3. The molecule has 3 N–H and O–H groups in total. The molecule has 0 radical (unpaired) electrons. The molecule has 19 heavy (non-hydrogen) atoms. The van der Waals surface area contributed by atoms with Crippen LogP contribution in [0.2, 0.25) is 0 Å². The smallest absolute Gasteiger partial charge is 0.240 e. The summed E-state index contributed by atoms with van der Waals surface area (Å²) in [7, 11) is 0. The maximum atomic E-state index is 13.1. The highest BCUT2D eigenvalue weighted by atomic mass is 19.1. The van der Waals surface area contributed by atoms with Gasteiger partial charge in [-0.05, 0) is 23.8 Å². The minimum absolute atomic E-state index is 0.354. The van der Waals surface area contributed by atoms with E-state index >= 15 is 0 Å². The second-order valence-corrected chi connectivity index (χ2v) is 4.30. The second kappa shape index (κ2) is 6.00. The largest absolute Gasteiger partial charge is 0.373 e. The predicted molar refractivity (Wildman–Crippen MR) is 73.2 cm³/mol. The van der Waals surface area contributed by atoms with Gasteiger partial charge in [-0.25, -0.2) is 4.39 Å². The number of benzene rings is 2. The molecule has 2 aromatic rings. The van der Waals surface area contributed by atoms with Crippen LogP contribution in [0.1, 0.15) is 5.56 Å². The molecule has 4 heteroatoms. The molecule has 2 aromatic carbocycles. The molecule has 3 nitrogen and oxygen atoms in total. The molecule has 0 aromatic heterocycles. The van der Waals surface area contributed by atoms with Crippen molar-refractivity contribution in [3.05, 3.63) is 66.0 Å². The first-order valence-corrected chi connectivity index (χ1v) is 6.00. The Kier molecular flexibility index (Phi) is 4.13. The maximum absolute atomic E-state index is 13.1. The summed E-state index contributed by atoms with van der Waals surface area (Å²) in [5.41, 5.74) is 6.91. The van der Waals surface area contributed by atoms with Crippen LogP contribution in [0.25, 0.3) is 0 Å². The fraction of sp³-hybridized carbons (Fsp3) is 0.133. The van der Waals surface area contributed by atoms with Gasteiger partial charge in [-0.1, -0.05) is 36.4 Å². The van der Waals surface area contributed by atoms with Gasteiger partial charge in [-0.15, -0.1) is 0 Å². The van der Waals surface area contributed by atoms with Gasteiger partial charge in [-0.2, -0.15) is 0 Å². The molecule has 1 amide bonds. The Morgan fingerprint density at radius 3 is 2.53 bits per heavy atom. The Hall–Kier alpha value is -2.36. The van der Waals surface area contributed by atoms with Crippen molar-refractivity contribution >= 4 is 11.6 Å². The van der Waals surface area contributed by atoms with Crippen molar-refractivity contribution in [1.29, 1.82) is 0 Å². The van der Waals surface area contributed by atoms with Gasteiger partial charge in [0.05, 0.1) is 0 Å². The summed E-state index contributed by atoms with van der Waals surface area (Å²) in [5, 5.41) is 2.95. The van der Waals surface area contributed by atoms with Gasteiger partial charge in [0.15, 0.2) is 0 Å². The first kappa shape index (κ1) is 13.1. The molecular weight excluding hydrogens is 243 g/mol. The van der Waals surface area contributed by atoms with E-state index in [9.17, 15) is 9.18 Å². The van der Waals surface area contributed by atoms with E-state index in [1.54, 1.807) is 12.1 Å². The lowest BCUT2D eigenvalue weighted by molar-refractivity contribution is -0.118. The standard InChI is InChI=1S/C15H15FN2O/c16-12-7-4-8-13(10-12)18-14(15(17)19)9-11-5-2-1-3-6-11/h1-8,10,14,18H,9H2,(H2,17,19)/t14-/m0/s1. The third-order valence-electron chi connectivity index (χ3n) is 2.79. The van der Waals surface area contributed by atoms with E-state index in [1.807, 2.05) is 30.3 Å². The molecule has 0 saturated carbocycles. The Morgan fingerprint density at radius 1 is 1.16 bits per heavy atom. The molecule has 98 valence electrons. The highest BCUT2D eigenvalue weighted by Crippen LogP contribution is 2.13. The normalized spacial score (nSPS) is 11.8. The topological polar surface area (TPSA) is 55.1 Å². The summed E-state index contributed by atoms with van der Waals surface area (Å²) in [6.07, 6.45) is 0.465. The highest BCUT2D eigenvalue weighted by molar-refractivity contribution is 5.83. The van der Waals surface area contributed by atoms with Crippen molar-refractivity contribution in [3.63, 3.8) is 0 Å². The van der Waals surface area contributed by atoms with Crippen molar-refractivity contribution in [2.45, 2.75) is 12.5 Å². The van der Waals surface area contributed by atoms with Gasteiger partial charge < -0.3 is 11.1 Å². The average Bonchev–Trinajstić information content (AvgIpc) is 2.39. The van der Waals surface area contributed by atoms with Gasteiger partial charge in [0.25, 0.3) is 0 Å². The summed E-state index contributed by atoms with van der Waals surface area (Å²) in [4.78, 5) is 11.5. The van der Waals surface area contributed by atoms with Gasteiger partial charge in [0.1, 0.15) is 11.9 Å². The van der Waals surface area contributed by atoms with E-state index in [-0.39, 0.29) is 5.82 Å². The van der Waals surface area contributed by atoms with Crippen LogP contribution in [0.3, 0.4) is 0 Å². The van der Waals surface area contributed by atoms with Crippen molar-refractivity contribution < 1.29 is 9.18 Å². The highest BCUT2D eigenvalue weighted by Gasteiger charge is 2.15. The molecule has 0 saturated heterocycles. The lowest BCUT2D eigenvalue weighted by atomic mass is 10.1. The summed E-state index contributed by atoms with van der Waals surface area (Å²) in [6, 6.07) is 14.9. The van der Waals surface area contributed by atoms with Crippen LogP contribution in [-0.2, 0) is 11.2 Å². The molecule has 0 unspecified atom stereocenters. The maximum Gasteiger partial charge on any atom is 0.240 e. The Balaban J connectivity index is 2.11. The van der Waals surface area contributed by atoms with Crippen LogP contribution in [0.15, 0.2) is 54.6 Å². The molecule has 0 aliphatic carbocycles. The number of halogens is 1. The van der Waals surface area contributed by atoms with Gasteiger partial charge in [0.2, 0.25) is 5.91 Å². The van der Waals surface area contributed by atoms with Gasteiger partial charge in [-0.3, -0.25) is 4.79 Å². The third kappa shape index (κ3) is 3.81. The van der Waals surface area contributed by atoms with E-state index in [1.165, 1.54) is 12.1 Å². The van der Waals surface area contributed by atoms with Crippen LogP contribution >= 0.6 is 0 Å². The Morgan fingerprint density at radius 2 is 1.89 bits per heavy atom. The molecule has 0 heterocycles. The van der Waals surface area contributed by atoms with Gasteiger partial charge >= 0.3 is 0 Å². The third-order valence-corrected chi connectivity index (χ3v) is 2.79. The summed E-state index contributed by atoms with van der Waals surface area (Å²) in [5.74, 6) is -0.818. The number of primary amides is 1. The molecule has 0 aliphatic heterocycles. The molecule has 0 fully saturated rings. The molecule has 0 bridgehead atoms. The SMILES string of the molecule is NC(=O)[C@H](Cc1ccccc1)Nc1cccc(F)c1. The minimum atomic E-state index is -0.566. The summed E-state index contributed by atoms with van der Waals surface area (Å²) >= 11 is 0. The first-order valence-electron chi connectivity index (χ1n) is 6.00. The average molecular weight is 258 g/mol. The lowest BCUT2D eigenvalue weighted by Gasteiger charge is -2.16. The number of rotatable bonds is 5. The number of hydrogen-bond acceptors (Lipinski definition) is 2. The summed E-state index contributed by atoms with van der Waals surface area (Å²) in [6.45, 7) is 0. The number of anilines is 1. The van der Waals surface area contributed by atoms with E-state index in [4.69, 9.17) is 5.73 Å². The predicted octanol–water partition coefficient (Wildman–Crippen LogP) is 2.33. The molecule has 1 atom stereocenters. The van der Waals surface area contributed by atoms with E-state index in [0.29, 0.717) is 12.1 Å². The number of carbonyl (C=O) groups is 1. The number of hydrogen-bond donors (Lipinski definition) is 2.